The molecule has 17 heavy (non-hydrogen) atoms. The summed E-state index contributed by atoms with van der Waals surface area (Å²) < 4.78 is 10.2. The molecule has 0 aromatic carbocycles. The Morgan fingerprint density at radius 2 is 2.00 bits per heavy atom. The number of methoxy groups -OCH3 is 1. The SMILES string of the molecule is COCCOCCN=C(N)N1CCSCC1.I. The van der Waals surface area contributed by atoms with Gasteiger partial charge in [0, 0.05) is 31.7 Å². The van der Waals surface area contributed by atoms with E-state index in [2.05, 4.69) is 9.89 Å². The summed E-state index contributed by atoms with van der Waals surface area (Å²) in [6, 6.07) is 0. The van der Waals surface area contributed by atoms with Crippen LogP contribution in [0.15, 0.2) is 4.99 Å². The molecule has 1 saturated heterocycles. The molecule has 1 aliphatic rings. The summed E-state index contributed by atoms with van der Waals surface area (Å²) in [6.45, 7) is 4.48. The van der Waals surface area contributed by atoms with Gasteiger partial charge in [0.1, 0.15) is 0 Å². The van der Waals surface area contributed by atoms with Crippen LogP contribution in [0.5, 0.6) is 0 Å². The fourth-order valence-electron chi connectivity index (χ4n) is 1.36. The van der Waals surface area contributed by atoms with E-state index in [0.29, 0.717) is 32.3 Å². The molecule has 7 heteroatoms. The largest absolute Gasteiger partial charge is 0.382 e. The molecule has 1 fully saturated rings. The predicted molar refractivity (Wildman–Crippen MR) is 83.5 cm³/mol. The highest BCUT2D eigenvalue weighted by molar-refractivity contribution is 14.0. The maximum atomic E-state index is 5.88. The number of ether oxygens (including phenoxy) is 2. The van der Waals surface area contributed by atoms with Crippen molar-refractivity contribution in [3.8, 4) is 0 Å². The first kappa shape index (κ1) is 17.3. The second kappa shape index (κ2) is 11.4. The number of aliphatic imine (C=N–C) groups is 1. The summed E-state index contributed by atoms with van der Waals surface area (Å²) in [5.74, 6) is 2.93. The van der Waals surface area contributed by atoms with Crippen LogP contribution in [-0.4, -0.2) is 68.9 Å². The van der Waals surface area contributed by atoms with E-state index in [1.165, 1.54) is 0 Å². The second-order valence-corrected chi connectivity index (χ2v) is 4.67. The minimum absolute atomic E-state index is 0. The van der Waals surface area contributed by atoms with Gasteiger partial charge >= 0.3 is 0 Å². The number of nitrogens with zero attached hydrogens (tertiary/aromatic N) is 2. The van der Waals surface area contributed by atoms with Gasteiger partial charge in [0.2, 0.25) is 0 Å². The van der Waals surface area contributed by atoms with Crippen molar-refractivity contribution < 1.29 is 9.47 Å². The smallest absolute Gasteiger partial charge is 0.191 e. The molecular weight excluding hydrogens is 353 g/mol. The first-order valence-corrected chi connectivity index (χ1v) is 6.69. The van der Waals surface area contributed by atoms with Gasteiger partial charge in [-0.2, -0.15) is 11.8 Å². The number of nitrogens with two attached hydrogens (primary N) is 1. The quantitative estimate of drug-likeness (QED) is 0.320. The summed E-state index contributed by atoms with van der Waals surface area (Å²) in [5.41, 5.74) is 5.88. The highest BCUT2D eigenvalue weighted by Gasteiger charge is 2.11. The summed E-state index contributed by atoms with van der Waals surface area (Å²) in [7, 11) is 1.66. The molecule has 0 saturated carbocycles. The van der Waals surface area contributed by atoms with E-state index in [1.54, 1.807) is 7.11 Å². The third kappa shape index (κ3) is 8.06. The molecule has 2 N–H and O–H groups in total. The molecule has 0 atom stereocenters. The topological polar surface area (TPSA) is 60.1 Å². The Hall–Kier alpha value is 0.270. The van der Waals surface area contributed by atoms with Crippen LogP contribution in [0, 0.1) is 0 Å². The van der Waals surface area contributed by atoms with Crippen LogP contribution >= 0.6 is 35.7 Å². The highest BCUT2D eigenvalue weighted by atomic mass is 127. The number of thioether (sulfide) groups is 1. The highest BCUT2D eigenvalue weighted by Crippen LogP contribution is 2.08. The van der Waals surface area contributed by atoms with Gasteiger partial charge in [-0.1, -0.05) is 0 Å². The molecule has 1 aliphatic heterocycles. The van der Waals surface area contributed by atoms with Gasteiger partial charge in [0.25, 0.3) is 0 Å². The fraction of sp³-hybridized carbons (Fsp3) is 0.900. The zero-order chi connectivity index (χ0) is 11.6. The second-order valence-electron chi connectivity index (χ2n) is 3.44. The van der Waals surface area contributed by atoms with Gasteiger partial charge < -0.3 is 20.1 Å². The van der Waals surface area contributed by atoms with Crippen molar-refractivity contribution in [2.24, 2.45) is 10.7 Å². The molecule has 1 heterocycles. The molecular formula is C10H22IN3O2S. The molecule has 0 spiro atoms. The van der Waals surface area contributed by atoms with Crippen molar-refractivity contribution in [2.75, 3.05) is 58.1 Å². The van der Waals surface area contributed by atoms with E-state index >= 15 is 0 Å². The standard InChI is InChI=1S/C10H21N3O2S.HI/c1-14-6-7-15-5-2-12-10(11)13-3-8-16-9-4-13;/h2-9H2,1H3,(H2,11,12);1H. The fourth-order valence-corrected chi connectivity index (χ4v) is 2.26. The normalized spacial score (nSPS) is 16.8. The van der Waals surface area contributed by atoms with Crippen LogP contribution in [0.4, 0.5) is 0 Å². The lowest BCUT2D eigenvalue weighted by atomic mass is 10.5. The van der Waals surface area contributed by atoms with Gasteiger partial charge in [0.05, 0.1) is 26.4 Å². The van der Waals surface area contributed by atoms with Crippen molar-refractivity contribution in [1.82, 2.24) is 4.90 Å². The van der Waals surface area contributed by atoms with Gasteiger partial charge in [0.15, 0.2) is 5.96 Å². The summed E-state index contributed by atoms with van der Waals surface area (Å²) in [4.78, 5) is 6.42. The van der Waals surface area contributed by atoms with Crippen molar-refractivity contribution >= 4 is 41.7 Å². The lowest BCUT2D eigenvalue weighted by molar-refractivity contribution is 0.0747. The van der Waals surface area contributed by atoms with E-state index in [1.807, 2.05) is 11.8 Å². The van der Waals surface area contributed by atoms with Crippen LogP contribution in [0.2, 0.25) is 0 Å². The van der Waals surface area contributed by atoms with Crippen molar-refractivity contribution in [2.45, 2.75) is 0 Å². The number of hydrogen-bond acceptors (Lipinski definition) is 4. The maximum absolute atomic E-state index is 5.88. The van der Waals surface area contributed by atoms with Crippen molar-refractivity contribution in [3.05, 3.63) is 0 Å². The Kier molecular flexibility index (Phi) is 11.5. The molecule has 0 bridgehead atoms. The summed E-state index contributed by atoms with van der Waals surface area (Å²) in [5, 5.41) is 0. The van der Waals surface area contributed by atoms with E-state index in [9.17, 15) is 0 Å². The molecule has 0 aromatic heterocycles. The molecule has 5 nitrogen and oxygen atoms in total. The number of guanidine groups is 1. The Morgan fingerprint density at radius 1 is 1.29 bits per heavy atom. The average molecular weight is 375 g/mol. The van der Waals surface area contributed by atoms with Crippen LogP contribution in [-0.2, 0) is 9.47 Å². The van der Waals surface area contributed by atoms with Crippen LogP contribution in [0.1, 0.15) is 0 Å². The van der Waals surface area contributed by atoms with Crippen LogP contribution in [0.25, 0.3) is 0 Å². The van der Waals surface area contributed by atoms with E-state index in [0.717, 1.165) is 24.6 Å². The minimum atomic E-state index is 0. The molecule has 1 rings (SSSR count). The Morgan fingerprint density at radius 3 is 2.65 bits per heavy atom. The molecule has 0 aromatic rings. The number of rotatable bonds is 6. The predicted octanol–water partition coefficient (Wildman–Crippen LogP) is 0.631. The Balaban J connectivity index is 0.00000256. The molecule has 0 amide bonds. The van der Waals surface area contributed by atoms with E-state index in [-0.39, 0.29) is 24.0 Å². The molecule has 0 radical (unpaired) electrons. The molecule has 102 valence electrons. The van der Waals surface area contributed by atoms with Gasteiger partial charge in [-0.05, 0) is 0 Å². The van der Waals surface area contributed by atoms with E-state index in [4.69, 9.17) is 15.2 Å². The zero-order valence-corrected chi connectivity index (χ0v) is 13.4. The molecule has 0 unspecified atom stereocenters. The van der Waals surface area contributed by atoms with Crippen LogP contribution in [0.3, 0.4) is 0 Å². The lowest BCUT2D eigenvalue weighted by Gasteiger charge is -2.27. The summed E-state index contributed by atoms with van der Waals surface area (Å²) in [6.07, 6.45) is 0. The van der Waals surface area contributed by atoms with Gasteiger partial charge in [-0.25, -0.2) is 0 Å². The zero-order valence-electron chi connectivity index (χ0n) is 10.3. The lowest BCUT2D eigenvalue weighted by Crippen LogP contribution is -2.42. The first-order valence-electron chi connectivity index (χ1n) is 5.54. The third-order valence-corrected chi connectivity index (χ3v) is 3.22. The summed E-state index contributed by atoms with van der Waals surface area (Å²) >= 11 is 1.96. The first-order chi connectivity index (χ1) is 7.84. The number of hydrogen-bond donors (Lipinski definition) is 1. The Bertz CT molecular complexity index is 214. The minimum Gasteiger partial charge on any atom is -0.382 e. The maximum Gasteiger partial charge on any atom is 0.191 e. The van der Waals surface area contributed by atoms with E-state index < -0.39 is 0 Å². The average Bonchev–Trinajstić information content (AvgIpc) is 2.34. The monoisotopic (exact) mass is 375 g/mol. The van der Waals surface area contributed by atoms with Crippen molar-refractivity contribution in [1.29, 1.82) is 0 Å². The van der Waals surface area contributed by atoms with Gasteiger partial charge in [-0.15, -0.1) is 24.0 Å². The van der Waals surface area contributed by atoms with Crippen LogP contribution < -0.4 is 5.73 Å². The van der Waals surface area contributed by atoms with Crippen molar-refractivity contribution in [3.63, 3.8) is 0 Å². The van der Waals surface area contributed by atoms with Gasteiger partial charge in [-0.3, -0.25) is 4.99 Å². The molecule has 0 aliphatic carbocycles. The third-order valence-electron chi connectivity index (χ3n) is 2.28. The Labute approximate surface area is 125 Å². The number of halogens is 1.